The molecule has 0 bridgehead atoms. The van der Waals surface area contributed by atoms with Crippen molar-refractivity contribution in [2.75, 3.05) is 13.1 Å². The third-order valence-electron chi connectivity index (χ3n) is 4.69. The smallest absolute Gasteiger partial charge is 0.223 e. The molecule has 1 amide bonds. The fraction of sp³-hybridized carbons (Fsp3) is 0.409. The van der Waals surface area contributed by atoms with Crippen molar-refractivity contribution in [1.82, 2.24) is 4.90 Å². The summed E-state index contributed by atoms with van der Waals surface area (Å²) in [7, 11) is 0. The van der Waals surface area contributed by atoms with Crippen molar-refractivity contribution in [3.8, 4) is 5.75 Å². The number of rotatable bonds is 6. The van der Waals surface area contributed by atoms with Crippen molar-refractivity contribution in [3.63, 3.8) is 0 Å². The topological polar surface area (TPSA) is 29.5 Å². The van der Waals surface area contributed by atoms with E-state index in [-0.39, 0.29) is 17.9 Å². The third kappa shape index (κ3) is 4.62. The Hall–Kier alpha value is -2.29. The van der Waals surface area contributed by atoms with Crippen LogP contribution in [0.25, 0.3) is 0 Å². The minimum atomic E-state index is 0.0856. The molecule has 3 rings (SSSR count). The molecule has 0 saturated carbocycles. The molecule has 1 saturated heterocycles. The van der Waals surface area contributed by atoms with E-state index in [4.69, 9.17) is 4.74 Å². The molecule has 0 aromatic heterocycles. The van der Waals surface area contributed by atoms with Crippen molar-refractivity contribution in [1.29, 1.82) is 0 Å². The maximum absolute atomic E-state index is 12.7. The fourth-order valence-electron chi connectivity index (χ4n) is 3.43. The van der Waals surface area contributed by atoms with Gasteiger partial charge in [0.2, 0.25) is 5.91 Å². The summed E-state index contributed by atoms with van der Waals surface area (Å²) < 4.78 is 5.74. The van der Waals surface area contributed by atoms with Crippen LogP contribution in [-0.2, 0) is 4.79 Å². The zero-order valence-electron chi connectivity index (χ0n) is 15.2. The van der Waals surface area contributed by atoms with E-state index in [2.05, 4.69) is 24.3 Å². The summed E-state index contributed by atoms with van der Waals surface area (Å²) in [6.45, 7) is 5.85. The first-order valence-electron chi connectivity index (χ1n) is 9.23. The Labute approximate surface area is 150 Å². The van der Waals surface area contributed by atoms with Crippen molar-refractivity contribution in [2.45, 2.75) is 45.1 Å². The van der Waals surface area contributed by atoms with Crippen LogP contribution in [0.3, 0.4) is 0 Å². The van der Waals surface area contributed by atoms with Crippen LogP contribution in [-0.4, -0.2) is 30.0 Å². The van der Waals surface area contributed by atoms with Crippen LogP contribution in [0.1, 0.15) is 50.2 Å². The number of benzene rings is 2. The Kier molecular flexibility index (Phi) is 5.75. The van der Waals surface area contributed by atoms with Crippen LogP contribution in [0.2, 0.25) is 0 Å². The van der Waals surface area contributed by atoms with E-state index in [1.165, 1.54) is 5.56 Å². The Bertz CT molecular complexity index is 673. The quantitative estimate of drug-likeness (QED) is 0.770. The molecular weight excluding hydrogens is 310 g/mol. The molecule has 132 valence electrons. The lowest BCUT2D eigenvalue weighted by atomic mass is 9.88. The van der Waals surface area contributed by atoms with Gasteiger partial charge in [0.1, 0.15) is 5.75 Å². The zero-order valence-corrected chi connectivity index (χ0v) is 15.2. The number of carbonyl (C=O) groups excluding carboxylic acids is 1. The summed E-state index contributed by atoms with van der Waals surface area (Å²) >= 11 is 0. The SMILES string of the molecule is CC(C)Oc1ccc([C@@H](CC(=O)N2CCCC2)c2ccccc2)cc1. The maximum Gasteiger partial charge on any atom is 0.223 e. The summed E-state index contributed by atoms with van der Waals surface area (Å²) in [6, 6.07) is 18.5. The van der Waals surface area contributed by atoms with Gasteiger partial charge < -0.3 is 9.64 Å². The molecule has 25 heavy (non-hydrogen) atoms. The van der Waals surface area contributed by atoms with Crippen LogP contribution in [0, 0.1) is 0 Å². The largest absolute Gasteiger partial charge is 0.491 e. The van der Waals surface area contributed by atoms with Crippen LogP contribution in [0.15, 0.2) is 54.6 Å². The first kappa shape index (κ1) is 17.5. The lowest BCUT2D eigenvalue weighted by Gasteiger charge is -2.22. The highest BCUT2D eigenvalue weighted by molar-refractivity contribution is 5.78. The number of hydrogen-bond acceptors (Lipinski definition) is 2. The van der Waals surface area contributed by atoms with Crippen LogP contribution >= 0.6 is 0 Å². The molecular formula is C22H27NO2. The number of carbonyl (C=O) groups is 1. The van der Waals surface area contributed by atoms with Gasteiger partial charge >= 0.3 is 0 Å². The highest BCUT2D eigenvalue weighted by atomic mass is 16.5. The Morgan fingerprint density at radius 3 is 2.16 bits per heavy atom. The fourth-order valence-corrected chi connectivity index (χ4v) is 3.43. The van der Waals surface area contributed by atoms with Crippen LogP contribution < -0.4 is 4.74 Å². The molecule has 1 atom stereocenters. The van der Waals surface area contributed by atoms with Crippen molar-refractivity contribution >= 4 is 5.91 Å². The number of hydrogen-bond donors (Lipinski definition) is 0. The lowest BCUT2D eigenvalue weighted by molar-refractivity contribution is -0.130. The average molecular weight is 337 g/mol. The highest BCUT2D eigenvalue weighted by Crippen LogP contribution is 2.30. The van der Waals surface area contributed by atoms with E-state index in [0.717, 1.165) is 37.2 Å². The highest BCUT2D eigenvalue weighted by Gasteiger charge is 2.24. The second-order valence-corrected chi connectivity index (χ2v) is 6.99. The summed E-state index contributed by atoms with van der Waals surface area (Å²) in [5.41, 5.74) is 2.35. The number of nitrogens with zero attached hydrogens (tertiary/aromatic N) is 1. The molecule has 1 aliphatic rings. The summed E-state index contributed by atoms with van der Waals surface area (Å²) in [4.78, 5) is 14.7. The average Bonchev–Trinajstić information content (AvgIpc) is 3.15. The minimum Gasteiger partial charge on any atom is -0.491 e. The van der Waals surface area contributed by atoms with Gasteiger partial charge in [0.05, 0.1) is 6.10 Å². The van der Waals surface area contributed by atoms with Crippen LogP contribution in [0.5, 0.6) is 5.75 Å². The molecule has 0 N–H and O–H groups in total. The molecule has 2 aromatic rings. The summed E-state index contributed by atoms with van der Waals surface area (Å²) in [6.07, 6.45) is 2.94. The molecule has 1 aliphatic heterocycles. The van der Waals surface area contributed by atoms with Gasteiger partial charge in [-0.25, -0.2) is 0 Å². The van der Waals surface area contributed by atoms with Crippen LogP contribution in [0.4, 0.5) is 0 Å². The molecule has 0 aliphatic carbocycles. The van der Waals surface area contributed by atoms with E-state index in [1.54, 1.807) is 0 Å². The van der Waals surface area contributed by atoms with E-state index >= 15 is 0 Å². The van der Waals surface area contributed by atoms with E-state index in [0.29, 0.717) is 6.42 Å². The first-order valence-corrected chi connectivity index (χ1v) is 9.23. The van der Waals surface area contributed by atoms with E-state index < -0.39 is 0 Å². The number of ether oxygens (including phenoxy) is 1. The van der Waals surface area contributed by atoms with Crippen molar-refractivity contribution < 1.29 is 9.53 Å². The van der Waals surface area contributed by atoms with Gasteiger partial charge in [-0.15, -0.1) is 0 Å². The normalized spacial score (nSPS) is 15.4. The molecule has 3 heteroatoms. The third-order valence-corrected chi connectivity index (χ3v) is 4.69. The van der Waals surface area contributed by atoms with Gasteiger partial charge in [-0.05, 0) is 49.9 Å². The monoisotopic (exact) mass is 337 g/mol. The number of amides is 1. The Morgan fingerprint density at radius 2 is 1.56 bits per heavy atom. The van der Waals surface area contributed by atoms with E-state index in [1.807, 2.05) is 49.1 Å². The first-order chi connectivity index (χ1) is 12.1. The molecule has 0 unspecified atom stereocenters. The molecule has 3 nitrogen and oxygen atoms in total. The maximum atomic E-state index is 12.7. The lowest BCUT2D eigenvalue weighted by Crippen LogP contribution is -2.29. The van der Waals surface area contributed by atoms with Gasteiger partial charge in [-0.1, -0.05) is 42.5 Å². The zero-order chi connectivity index (χ0) is 17.6. The van der Waals surface area contributed by atoms with Gasteiger partial charge in [-0.3, -0.25) is 4.79 Å². The van der Waals surface area contributed by atoms with Crippen molar-refractivity contribution in [3.05, 3.63) is 65.7 Å². The molecule has 0 spiro atoms. The van der Waals surface area contributed by atoms with Gasteiger partial charge in [-0.2, -0.15) is 0 Å². The second kappa shape index (κ2) is 8.19. The molecule has 2 aromatic carbocycles. The van der Waals surface area contributed by atoms with E-state index in [9.17, 15) is 4.79 Å². The molecule has 1 heterocycles. The van der Waals surface area contributed by atoms with Gasteiger partial charge in [0, 0.05) is 25.4 Å². The minimum absolute atomic E-state index is 0.0856. The van der Waals surface area contributed by atoms with Gasteiger partial charge in [0.25, 0.3) is 0 Å². The summed E-state index contributed by atoms with van der Waals surface area (Å²) in [5.74, 6) is 1.22. The molecule has 1 fully saturated rings. The Morgan fingerprint density at radius 1 is 0.960 bits per heavy atom. The predicted molar refractivity (Wildman–Crippen MR) is 101 cm³/mol. The van der Waals surface area contributed by atoms with Crippen molar-refractivity contribution in [2.24, 2.45) is 0 Å². The standard InChI is InChI=1S/C22H27NO2/c1-17(2)25-20-12-10-19(11-13-20)21(18-8-4-3-5-9-18)16-22(24)23-14-6-7-15-23/h3-5,8-13,17,21H,6-7,14-16H2,1-2H3/t21-/m0/s1. The summed E-state index contributed by atoms with van der Waals surface area (Å²) in [5, 5.41) is 0. The number of likely N-dealkylation sites (tertiary alicyclic amines) is 1. The molecule has 0 radical (unpaired) electrons. The second-order valence-electron chi connectivity index (χ2n) is 6.99. The predicted octanol–water partition coefficient (Wildman–Crippen LogP) is 4.62. The Balaban J connectivity index is 1.82. The van der Waals surface area contributed by atoms with Gasteiger partial charge in [0.15, 0.2) is 0 Å².